The van der Waals surface area contributed by atoms with Crippen LogP contribution in [0, 0.1) is 0 Å². The fourth-order valence-corrected chi connectivity index (χ4v) is 1.28. The molecule has 0 spiro atoms. The maximum atomic E-state index is 12.0. The second-order valence-corrected chi connectivity index (χ2v) is 3.00. The Kier molecular flexibility index (Phi) is 2.44. The summed E-state index contributed by atoms with van der Waals surface area (Å²) < 4.78 is 25.6. The second-order valence-electron chi connectivity index (χ2n) is 3.00. The van der Waals surface area contributed by atoms with E-state index in [4.69, 9.17) is 0 Å². The minimum absolute atomic E-state index is 0.383. The van der Waals surface area contributed by atoms with Crippen molar-refractivity contribution < 1.29 is 8.78 Å². The molecular weight excluding hydrogens is 204 g/mol. The van der Waals surface area contributed by atoms with Gasteiger partial charge in [-0.05, 0) is 0 Å². The Morgan fingerprint density at radius 2 is 2.27 bits per heavy atom. The van der Waals surface area contributed by atoms with Crippen LogP contribution >= 0.6 is 0 Å². The monoisotopic (exact) mass is 213 g/mol. The van der Waals surface area contributed by atoms with E-state index < -0.39 is 13.0 Å². The maximum Gasteiger partial charge on any atom is 0.255 e. The molecule has 0 aromatic carbocycles. The Morgan fingerprint density at radius 1 is 1.47 bits per heavy atom. The third kappa shape index (κ3) is 1.85. The number of rotatable bonds is 3. The van der Waals surface area contributed by atoms with Gasteiger partial charge < -0.3 is 5.32 Å². The zero-order valence-electron chi connectivity index (χ0n) is 7.98. The Balaban J connectivity index is 2.34. The van der Waals surface area contributed by atoms with Gasteiger partial charge in [0.15, 0.2) is 5.65 Å². The molecule has 0 saturated heterocycles. The molecule has 0 aliphatic carbocycles. The quantitative estimate of drug-likeness (QED) is 0.827. The number of nitrogens with zero attached hydrogens (tertiary/aromatic N) is 4. The molecule has 0 saturated carbocycles. The van der Waals surface area contributed by atoms with E-state index in [1.165, 1.54) is 6.33 Å². The first-order valence-corrected chi connectivity index (χ1v) is 4.33. The Morgan fingerprint density at radius 3 is 3.00 bits per heavy atom. The van der Waals surface area contributed by atoms with Crippen molar-refractivity contribution in [3.63, 3.8) is 0 Å². The highest BCUT2D eigenvalue weighted by molar-refractivity contribution is 5.85. The molecule has 2 heterocycles. The van der Waals surface area contributed by atoms with Gasteiger partial charge in [-0.2, -0.15) is 5.10 Å². The van der Waals surface area contributed by atoms with Crippen LogP contribution in [0.2, 0.25) is 0 Å². The van der Waals surface area contributed by atoms with Crippen molar-refractivity contribution in [2.24, 2.45) is 7.05 Å². The standard InChI is InChI=1S/C8H9F2N5/c1-15-8-5(2-14-15)7(12-4-13-8)11-3-6(9)10/h2,4,6H,3H2,1H3,(H,11,12,13). The zero-order valence-corrected chi connectivity index (χ0v) is 7.98. The van der Waals surface area contributed by atoms with Crippen LogP contribution in [-0.4, -0.2) is 32.7 Å². The molecule has 5 nitrogen and oxygen atoms in total. The number of anilines is 1. The molecule has 15 heavy (non-hydrogen) atoms. The lowest BCUT2D eigenvalue weighted by atomic mass is 10.4. The lowest BCUT2D eigenvalue weighted by Gasteiger charge is -2.04. The van der Waals surface area contributed by atoms with Gasteiger partial charge in [0.1, 0.15) is 12.1 Å². The van der Waals surface area contributed by atoms with Crippen LogP contribution in [0.15, 0.2) is 12.5 Å². The third-order valence-electron chi connectivity index (χ3n) is 1.95. The maximum absolute atomic E-state index is 12.0. The largest absolute Gasteiger partial charge is 0.364 e. The summed E-state index contributed by atoms with van der Waals surface area (Å²) in [5.41, 5.74) is 0.613. The first kappa shape index (κ1) is 9.75. The van der Waals surface area contributed by atoms with Gasteiger partial charge in [-0.25, -0.2) is 18.7 Å². The van der Waals surface area contributed by atoms with E-state index in [2.05, 4.69) is 20.4 Å². The zero-order chi connectivity index (χ0) is 10.8. The Bertz CT molecular complexity index is 467. The molecule has 2 aromatic rings. The third-order valence-corrected chi connectivity index (χ3v) is 1.95. The summed E-state index contributed by atoms with van der Waals surface area (Å²) in [4.78, 5) is 7.87. The molecule has 0 bridgehead atoms. The van der Waals surface area contributed by atoms with E-state index in [0.29, 0.717) is 16.9 Å². The van der Waals surface area contributed by atoms with E-state index in [1.54, 1.807) is 17.9 Å². The van der Waals surface area contributed by atoms with Gasteiger partial charge in [-0.15, -0.1) is 0 Å². The van der Waals surface area contributed by atoms with Crippen molar-refractivity contribution in [3.05, 3.63) is 12.5 Å². The van der Waals surface area contributed by atoms with Gasteiger partial charge in [0.2, 0.25) is 0 Å². The van der Waals surface area contributed by atoms with Crippen LogP contribution in [0.1, 0.15) is 0 Å². The minimum atomic E-state index is -2.41. The number of alkyl halides is 2. The normalized spacial score (nSPS) is 11.2. The lowest BCUT2D eigenvalue weighted by molar-refractivity contribution is 0.163. The highest BCUT2D eigenvalue weighted by atomic mass is 19.3. The molecule has 0 aliphatic rings. The van der Waals surface area contributed by atoms with Crippen LogP contribution in [0.25, 0.3) is 11.0 Å². The lowest BCUT2D eigenvalue weighted by Crippen LogP contribution is -2.11. The molecule has 1 N–H and O–H groups in total. The van der Waals surface area contributed by atoms with Crippen LogP contribution in [0.4, 0.5) is 14.6 Å². The number of hydrogen-bond donors (Lipinski definition) is 1. The van der Waals surface area contributed by atoms with Gasteiger partial charge >= 0.3 is 0 Å². The molecular formula is C8H9F2N5. The van der Waals surface area contributed by atoms with Crippen molar-refractivity contribution in [2.75, 3.05) is 11.9 Å². The van der Waals surface area contributed by atoms with Gasteiger partial charge in [-0.3, -0.25) is 4.68 Å². The average molecular weight is 213 g/mol. The van der Waals surface area contributed by atoms with Crippen LogP contribution in [0.5, 0.6) is 0 Å². The summed E-state index contributed by atoms with van der Waals surface area (Å²) in [6.07, 6.45) is 0.452. The van der Waals surface area contributed by atoms with E-state index in [-0.39, 0.29) is 0 Å². The highest BCUT2D eigenvalue weighted by Crippen LogP contribution is 2.17. The van der Waals surface area contributed by atoms with Gasteiger partial charge in [0.05, 0.1) is 18.1 Å². The van der Waals surface area contributed by atoms with Crippen molar-refractivity contribution >= 4 is 16.9 Å². The van der Waals surface area contributed by atoms with Gasteiger partial charge in [-0.1, -0.05) is 0 Å². The van der Waals surface area contributed by atoms with Crippen LogP contribution < -0.4 is 5.32 Å². The first-order valence-electron chi connectivity index (χ1n) is 4.33. The highest BCUT2D eigenvalue weighted by Gasteiger charge is 2.09. The van der Waals surface area contributed by atoms with Gasteiger partial charge in [0, 0.05) is 7.05 Å². The van der Waals surface area contributed by atoms with E-state index in [9.17, 15) is 8.78 Å². The molecule has 0 fully saturated rings. The molecule has 0 unspecified atom stereocenters. The summed E-state index contributed by atoms with van der Waals surface area (Å²) in [5, 5.41) is 7.16. The molecule has 0 amide bonds. The number of nitrogens with one attached hydrogen (secondary N) is 1. The fraction of sp³-hybridized carbons (Fsp3) is 0.375. The van der Waals surface area contributed by atoms with Crippen molar-refractivity contribution in [2.45, 2.75) is 6.43 Å². The SMILES string of the molecule is Cn1ncc2c(NCC(F)F)ncnc21. The molecule has 0 aliphatic heterocycles. The second kappa shape index (κ2) is 3.76. The predicted molar refractivity (Wildman–Crippen MR) is 50.8 cm³/mol. The summed E-state index contributed by atoms with van der Waals surface area (Å²) in [6.45, 7) is -0.430. The summed E-state index contributed by atoms with van der Waals surface area (Å²) in [6, 6.07) is 0. The predicted octanol–water partition coefficient (Wildman–Crippen LogP) is 1.04. The first-order chi connectivity index (χ1) is 7.18. The number of hydrogen-bond acceptors (Lipinski definition) is 4. The van der Waals surface area contributed by atoms with Gasteiger partial charge in [0.25, 0.3) is 6.43 Å². The Hall–Kier alpha value is -1.79. The minimum Gasteiger partial charge on any atom is -0.364 e. The number of aromatic nitrogens is 4. The summed E-state index contributed by atoms with van der Waals surface area (Å²) in [5.74, 6) is 0.383. The smallest absolute Gasteiger partial charge is 0.255 e. The fourth-order valence-electron chi connectivity index (χ4n) is 1.28. The number of aryl methyl sites for hydroxylation is 1. The molecule has 80 valence electrons. The molecule has 7 heteroatoms. The number of fused-ring (bicyclic) bond motifs is 1. The molecule has 0 atom stereocenters. The summed E-state index contributed by atoms with van der Waals surface area (Å²) in [7, 11) is 1.73. The molecule has 2 aromatic heterocycles. The summed E-state index contributed by atoms with van der Waals surface area (Å²) >= 11 is 0. The molecule has 2 rings (SSSR count). The van der Waals surface area contributed by atoms with Crippen LogP contribution in [-0.2, 0) is 7.05 Å². The van der Waals surface area contributed by atoms with Crippen molar-refractivity contribution in [1.29, 1.82) is 0 Å². The Labute approximate surface area is 84.1 Å². The number of halogens is 2. The van der Waals surface area contributed by atoms with Crippen molar-refractivity contribution in [3.8, 4) is 0 Å². The van der Waals surface area contributed by atoms with E-state index in [1.807, 2.05) is 0 Å². The van der Waals surface area contributed by atoms with E-state index in [0.717, 1.165) is 0 Å². The van der Waals surface area contributed by atoms with Crippen LogP contribution in [0.3, 0.4) is 0 Å². The van der Waals surface area contributed by atoms with Crippen molar-refractivity contribution in [1.82, 2.24) is 19.7 Å². The molecule has 0 radical (unpaired) electrons. The topological polar surface area (TPSA) is 55.6 Å². The van der Waals surface area contributed by atoms with E-state index >= 15 is 0 Å². The average Bonchev–Trinajstić information content (AvgIpc) is 2.58.